The Hall–Kier alpha value is -1.64. The molecule has 0 aliphatic rings. The summed E-state index contributed by atoms with van der Waals surface area (Å²) in [5.41, 5.74) is 5.90. The fourth-order valence-electron chi connectivity index (χ4n) is 1.61. The first-order chi connectivity index (χ1) is 9.83. The minimum Gasteiger partial charge on any atom is -0.455 e. The molecule has 0 fully saturated rings. The summed E-state index contributed by atoms with van der Waals surface area (Å²) in [6.07, 6.45) is 0. The van der Waals surface area contributed by atoms with Gasteiger partial charge in [-0.05, 0) is 59.4 Å². The van der Waals surface area contributed by atoms with Gasteiger partial charge in [0, 0.05) is 5.69 Å². The van der Waals surface area contributed by atoms with Crippen molar-refractivity contribution in [1.82, 2.24) is 4.72 Å². The fraction of sp³-hybridized carbons (Fsp3) is 0.0769. The van der Waals surface area contributed by atoms with Crippen molar-refractivity contribution in [2.75, 3.05) is 12.8 Å². The number of nitrogens with two attached hydrogens (primary N) is 1. The van der Waals surface area contributed by atoms with Crippen LogP contribution < -0.4 is 15.2 Å². The topological polar surface area (TPSA) is 81.4 Å². The molecular weight excluding hydrogens is 363 g/mol. The zero-order valence-electron chi connectivity index (χ0n) is 10.9. The van der Waals surface area contributed by atoms with Gasteiger partial charge in [0.1, 0.15) is 22.2 Å². The van der Waals surface area contributed by atoms with Crippen LogP contribution in [-0.2, 0) is 10.0 Å². The number of hydrogen-bond donors (Lipinski definition) is 2. The molecule has 8 heteroatoms. The third-order valence-corrected chi connectivity index (χ3v) is 4.70. The normalized spacial score (nSPS) is 11.4. The standard InChI is InChI=1S/C13H12BrFN2O3S/c1-17-21(18,19)13-7-9(16)3-5-12(13)20-11-4-2-8(15)6-10(11)14/h2-7,17H,16H2,1H3. The lowest BCUT2D eigenvalue weighted by molar-refractivity contribution is 0.462. The largest absolute Gasteiger partial charge is 0.455 e. The lowest BCUT2D eigenvalue weighted by Gasteiger charge is -2.13. The highest BCUT2D eigenvalue weighted by Crippen LogP contribution is 2.34. The molecule has 0 saturated carbocycles. The number of ether oxygens (including phenoxy) is 1. The molecule has 0 radical (unpaired) electrons. The smallest absolute Gasteiger partial charge is 0.244 e. The van der Waals surface area contributed by atoms with Crippen molar-refractivity contribution in [3.8, 4) is 11.5 Å². The third kappa shape index (κ3) is 3.52. The van der Waals surface area contributed by atoms with E-state index in [-0.39, 0.29) is 22.1 Å². The van der Waals surface area contributed by atoms with Gasteiger partial charge in [-0.3, -0.25) is 0 Å². The number of anilines is 1. The third-order valence-electron chi connectivity index (χ3n) is 2.64. The fourth-order valence-corrected chi connectivity index (χ4v) is 2.92. The second-order valence-corrected chi connectivity index (χ2v) is 6.80. The number of benzene rings is 2. The van der Waals surface area contributed by atoms with Crippen molar-refractivity contribution < 1.29 is 17.5 Å². The van der Waals surface area contributed by atoms with Crippen LogP contribution in [0.3, 0.4) is 0 Å². The molecule has 0 amide bonds. The molecular formula is C13H12BrFN2O3S. The van der Waals surface area contributed by atoms with Gasteiger partial charge in [0.05, 0.1) is 4.47 Å². The Kier molecular flexibility index (Phi) is 4.50. The minimum atomic E-state index is -3.74. The summed E-state index contributed by atoms with van der Waals surface area (Å²) >= 11 is 3.16. The van der Waals surface area contributed by atoms with Gasteiger partial charge in [-0.2, -0.15) is 0 Å². The van der Waals surface area contributed by atoms with Gasteiger partial charge in [-0.25, -0.2) is 17.5 Å². The molecule has 0 aromatic heterocycles. The van der Waals surface area contributed by atoms with Crippen LogP contribution in [0.1, 0.15) is 0 Å². The van der Waals surface area contributed by atoms with Crippen molar-refractivity contribution in [1.29, 1.82) is 0 Å². The Morgan fingerprint density at radius 1 is 1.19 bits per heavy atom. The second-order valence-electron chi connectivity index (χ2n) is 4.09. The summed E-state index contributed by atoms with van der Waals surface area (Å²) in [6, 6.07) is 8.07. The summed E-state index contributed by atoms with van der Waals surface area (Å²) in [6.45, 7) is 0. The number of hydrogen-bond acceptors (Lipinski definition) is 4. The summed E-state index contributed by atoms with van der Waals surface area (Å²) in [5, 5.41) is 0. The molecule has 0 spiro atoms. The lowest BCUT2D eigenvalue weighted by atomic mass is 10.3. The van der Waals surface area contributed by atoms with Gasteiger partial charge in [-0.1, -0.05) is 0 Å². The summed E-state index contributed by atoms with van der Waals surface area (Å²) in [7, 11) is -2.45. The van der Waals surface area contributed by atoms with Crippen molar-refractivity contribution in [3.63, 3.8) is 0 Å². The molecule has 0 unspecified atom stereocenters. The lowest BCUT2D eigenvalue weighted by Crippen LogP contribution is -2.19. The quantitative estimate of drug-likeness (QED) is 0.806. The highest BCUT2D eigenvalue weighted by molar-refractivity contribution is 9.10. The molecule has 2 aromatic carbocycles. The highest BCUT2D eigenvalue weighted by Gasteiger charge is 2.19. The van der Waals surface area contributed by atoms with E-state index in [0.29, 0.717) is 4.47 Å². The first-order valence-corrected chi connectivity index (χ1v) is 8.07. The maximum Gasteiger partial charge on any atom is 0.244 e. The van der Waals surface area contributed by atoms with Crippen molar-refractivity contribution in [2.24, 2.45) is 0 Å². The maximum absolute atomic E-state index is 13.1. The minimum absolute atomic E-state index is 0.0888. The van der Waals surface area contributed by atoms with E-state index in [0.717, 1.165) is 0 Å². The Bertz CT molecular complexity index is 781. The maximum atomic E-state index is 13.1. The molecule has 112 valence electrons. The van der Waals surface area contributed by atoms with E-state index in [1.165, 1.54) is 43.4 Å². The van der Waals surface area contributed by atoms with Gasteiger partial charge in [0.15, 0.2) is 0 Å². The van der Waals surface area contributed by atoms with Crippen LogP contribution >= 0.6 is 15.9 Å². The van der Waals surface area contributed by atoms with Crippen LogP contribution in [0.5, 0.6) is 11.5 Å². The van der Waals surface area contributed by atoms with Crippen LogP contribution in [0.2, 0.25) is 0 Å². The average molecular weight is 375 g/mol. The van der Waals surface area contributed by atoms with Crippen LogP contribution in [0.4, 0.5) is 10.1 Å². The van der Waals surface area contributed by atoms with Gasteiger partial charge in [-0.15, -0.1) is 0 Å². The Labute approximate surface area is 130 Å². The van der Waals surface area contributed by atoms with Crippen LogP contribution in [0.15, 0.2) is 45.8 Å². The Morgan fingerprint density at radius 2 is 1.86 bits per heavy atom. The van der Waals surface area contributed by atoms with Crippen LogP contribution in [0.25, 0.3) is 0 Å². The number of nitrogen functional groups attached to an aromatic ring is 1. The zero-order chi connectivity index (χ0) is 15.6. The Balaban J connectivity index is 2.50. The van der Waals surface area contributed by atoms with Crippen molar-refractivity contribution in [2.45, 2.75) is 4.90 Å². The van der Waals surface area contributed by atoms with E-state index in [9.17, 15) is 12.8 Å². The van der Waals surface area contributed by atoms with Crippen molar-refractivity contribution in [3.05, 3.63) is 46.7 Å². The molecule has 0 aliphatic heterocycles. The van der Waals surface area contributed by atoms with Gasteiger partial charge in [0.25, 0.3) is 0 Å². The number of nitrogens with one attached hydrogen (secondary N) is 1. The molecule has 21 heavy (non-hydrogen) atoms. The Morgan fingerprint density at radius 3 is 2.48 bits per heavy atom. The molecule has 3 N–H and O–H groups in total. The zero-order valence-corrected chi connectivity index (χ0v) is 13.3. The first kappa shape index (κ1) is 15.7. The van der Waals surface area contributed by atoms with Gasteiger partial charge < -0.3 is 10.5 Å². The number of halogens is 2. The monoisotopic (exact) mass is 374 g/mol. The van der Waals surface area contributed by atoms with E-state index in [2.05, 4.69) is 20.7 Å². The van der Waals surface area contributed by atoms with E-state index in [1.807, 2.05) is 0 Å². The summed E-state index contributed by atoms with van der Waals surface area (Å²) < 4.78 is 45.1. The number of rotatable bonds is 4. The molecule has 0 atom stereocenters. The predicted molar refractivity (Wildman–Crippen MR) is 81.3 cm³/mol. The number of sulfonamides is 1. The average Bonchev–Trinajstić information content (AvgIpc) is 2.43. The van der Waals surface area contributed by atoms with E-state index >= 15 is 0 Å². The van der Waals surface area contributed by atoms with Gasteiger partial charge in [0.2, 0.25) is 10.0 Å². The molecule has 2 rings (SSSR count). The van der Waals surface area contributed by atoms with Crippen molar-refractivity contribution >= 4 is 31.6 Å². The molecule has 0 aliphatic carbocycles. The molecule has 5 nitrogen and oxygen atoms in total. The second kappa shape index (κ2) is 6.00. The molecule has 0 saturated heterocycles. The highest BCUT2D eigenvalue weighted by atomic mass is 79.9. The van der Waals surface area contributed by atoms with E-state index in [4.69, 9.17) is 10.5 Å². The first-order valence-electron chi connectivity index (χ1n) is 5.79. The van der Waals surface area contributed by atoms with Gasteiger partial charge >= 0.3 is 0 Å². The molecule has 2 aromatic rings. The molecule has 0 heterocycles. The summed E-state index contributed by atoms with van der Waals surface area (Å²) in [4.78, 5) is -0.0961. The molecule has 0 bridgehead atoms. The predicted octanol–water partition coefficient (Wildman–Crippen LogP) is 2.87. The van der Waals surface area contributed by atoms with Crippen LogP contribution in [-0.4, -0.2) is 15.5 Å². The van der Waals surface area contributed by atoms with E-state index < -0.39 is 15.8 Å². The van der Waals surface area contributed by atoms with E-state index in [1.54, 1.807) is 0 Å². The van der Waals surface area contributed by atoms with Crippen LogP contribution in [0, 0.1) is 5.82 Å². The summed E-state index contributed by atoms with van der Waals surface area (Å²) in [5.74, 6) is -0.0609. The SMILES string of the molecule is CNS(=O)(=O)c1cc(N)ccc1Oc1ccc(F)cc1Br.